The molecule has 1 fully saturated rings. The highest BCUT2D eigenvalue weighted by Crippen LogP contribution is 2.18. The van der Waals surface area contributed by atoms with Crippen molar-refractivity contribution in [2.24, 2.45) is 0 Å². The molecule has 5 nitrogen and oxygen atoms in total. The first kappa shape index (κ1) is 26.6. The number of aliphatic hydroxyl groups excluding tert-OH is 3. The van der Waals surface area contributed by atoms with Crippen LogP contribution in [0, 0.1) is 0 Å². The molecule has 1 saturated heterocycles. The Balaban J connectivity index is 1.78. The topological polar surface area (TPSA) is 79.2 Å². The first-order valence-electron chi connectivity index (χ1n) is 12.0. The van der Waals surface area contributed by atoms with Crippen LogP contribution in [-0.2, 0) is 9.47 Å². The van der Waals surface area contributed by atoms with E-state index in [9.17, 15) is 15.3 Å². The maximum absolute atomic E-state index is 9.95. The van der Waals surface area contributed by atoms with Gasteiger partial charge >= 0.3 is 0 Å². The molecule has 0 aromatic rings. The summed E-state index contributed by atoms with van der Waals surface area (Å²) in [6.45, 7) is 3.08. The molecule has 0 aromatic carbocycles. The van der Waals surface area contributed by atoms with Crippen LogP contribution in [0.25, 0.3) is 0 Å². The van der Waals surface area contributed by atoms with Crippen molar-refractivity contribution in [3.63, 3.8) is 0 Å². The van der Waals surface area contributed by atoms with Crippen LogP contribution < -0.4 is 0 Å². The molecule has 3 N–H and O–H groups in total. The zero-order chi connectivity index (χ0) is 21.2. The predicted molar refractivity (Wildman–Crippen MR) is 118 cm³/mol. The van der Waals surface area contributed by atoms with Gasteiger partial charge in [-0.1, -0.05) is 76.9 Å². The number of unbranched alkanes of at least 4 members (excludes halogenated alkanes) is 12. The van der Waals surface area contributed by atoms with Crippen LogP contribution in [0.5, 0.6) is 0 Å². The molecule has 4 atom stereocenters. The van der Waals surface area contributed by atoms with Gasteiger partial charge in [0.05, 0.1) is 13.2 Å². The third-order valence-corrected chi connectivity index (χ3v) is 5.66. The molecule has 0 amide bonds. The van der Waals surface area contributed by atoms with Gasteiger partial charge in [0.2, 0.25) is 0 Å². The van der Waals surface area contributed by atoms with E-state index in [1.165, 1.54) is 77.0 Å². The quantitative estimate of drug-likeness (QED) is 0.214. The van der Waals surface area contributed by atoms with E-state index < -0.39 is 24.4 Å². The number of allylic oxidation sites excluding steroid dienone is 2. The van der Waals surface area contributed by atoms with Crippen LogP contribution in [-0.4, -0.2) is 59.6 Å². The van der Waals surface area contributed by atoms with Crippen molar-refractivity contribution in [2.75, 3.05) is 19.8 Å². The van der Waals surface area contributed by atoms with Crippen LogP contribution in [0.3, 0.4) is 0 Å². The Labute approximate surface area is 178 Å². The molecule has 5 heteroatoms. The molecule has 0 spiro atoms. The summed E-state index contributed by atoms with van der Waals surface area (Å²) < 4.78 is 10.7. The van der Waals surface area contributed by atoms with Crippen LogP contribution in [0.2, 0.25) is 0 Å². The first-order valence-corrected chi connectivity index (χ1v) is 12.0. The van der Waals surface area contributed by atoms with Crippen LogP contribution in [0.4, 0.5) is 0 Å². The second-order valence-electron chi connectivity index (χ2n) is 8.44. The van der Waals surface area contributed by atoms with Crippen molar-refractivity contribution < 1.29 is 24.8 Å². The SMILES string of the molecule is CCCCCCCC/C=C\CCCCCCCCOC[C@@H](O)[C@H]1OC[C@H](O)[C@H]1O. The number of hydrogen-bond donors (Lipinski definition) is 3. The molecule has 0 bridgehead atoms. The lowest BCUT2D eigenvalue weighted by Gasteiger charge is -2.20. The van der Waals surface area contributed by atoms with Gasteiger partial charge in [-0.3, -0.25) is 0 Å². The summed E-state index contributed by atoms with van der Waals surface area (Å²) in [5, 5.41) is 29.0. The molecule has 172 valence electrons. The van der Waals surface area contributed by atoms with E-state index in [-0.39, 0.29) is 13.2 Å². The van der Waals surface area contributed by atoms with E-state index in [1.54, 1.807) is 0 Å². The predicted octanol–water partition coefficient (Wildman–Crippen LogP) is 4.52. The van der Waals surface area contributed by atoms with Gasteiger partial charge in [-0.15, -0.1) is 0 Å². The maximum Gasteiger partial charge on any atom is 0.114 e. The molecule has 1 heterocycles. The summed E-state index contributed by atoms with van der Waals surface area (Å²) in [7, 11) is 0. The van der Waals surface area contributed by atoms with Crippen molar-refractivity contribution in [1.82, 2.24) is 0 Å². The molecule has 0 radical (unpaired) electrons. The minimum Gasteiger partial charge on any atom is -0.388 e. The van der Waals surface area contributed by atoms with Crippen molar-refractivity contribution in [3.05, 3.63) is 12.2 Å². The Kier molecular flexibility index (Phi) is 16.8. The average molecular weight is 415 g/mol. The number of rotatable bonds is 19. The molecule has 0 aromatic heterocycles. The molecule has 1 rings (SSSR count). The van der Waals surface area contributed by atoms with Crippen LogP contribution in [0.15, 0.2) is 12.2 Å². The van der Waals surface area contributed by atoms with Gasteiger partial charge in [0.1, 0.15) is 24.4 Å². The van der Waals surface area contributed by atoms with E-state index in [4.69, 9.17) is 9.47 Å². The van der Waals surface area contributed by atoms with E-state index in [1.807, 2.05) is 0 Å². The lowest BCUT2D eigenvalue weighted by Crippen LogP contribution is -2.40. The summed E-state index contributed by atoms with van der Waals surface area (Å²) in [5.41, 5.74) is 0. The average Bonchev–Trinajstić information content (AvgIpc) is 3.05. The van der Waals surface area contributed by atoms with Gasteiger partial charge in [-0.2, -0.15) is 0 Å². The minimum atomic E-state index is -1.03. The zero-order valence-electron chi connectivity index (χ0n) is 18.6. The molecular formula is C24H46O5. The summed E-state index contributed by atoms with van der Waals surface area (Å²) in [6.07, 6.45) is 19.0. The van der Waals surface area contributed by atoms with Gasteiger partial charge in [0, 0.05) is 6.61 Å². The fourth-order valence-corrected chi connectivity index (χ4v) is 3.72. The summed E-state index contributed by atoms with van der Waals surface area (Å²) in [6, 6.07) is 0. The Morgan fingerprint density at radius 3 is 1.97 bits per heavy atom. The molecule has 29 heavy (non-hydrogen) atoms. The number of hydrogen-bond acceptors (Lipinski definition) is 5. The number of ether oxygens (including phenoxy) is 2. The monoisotopic (exact) mass is 414 g/mol. The van der Waals surface area contributed by atoms with Gasteiger partial charge in [-0.05, 0) is 32.1 Å². The Morgan fingerprint density at radius 1 is 0.862 bits per heavy atom. The molecule has 0 unspecified atom stereocenters. The molecule has 1 aliphatic heterocycles. The molecule has 0 saturated carbocycles. The Morgan fingerprint density at radius 2 is 1.41 bits per heavy atom. The highest BCUT2D eigenvalue weighted by molar-refractivity contribution is 4.87. The van der Waals surface area contributed by atoms with Crippen molar-refractivity contribution >= 4 is 0 Å². The normalized spacial score (nSPS) is 23.2. The summed E-state index contributed by atoms with van der Waals surface area (Å²) in [5.74, 6) is 0. The van der Waals surface area contributed by atoms with Crippen LogP contribution in [0.1, 0.15) is 96.8 Å². The molecule has 0 aliphatic carbocycles. The summed E-state index contributed by atoms with van der Waals surface area (Å²) in [4.78, 5) is 0. The van der Waals surface area contributed by atoms with Gasteiger partial charge in [-0.25, -0.2) is 0 Å². The molecule has 1 aliphatic rings. The Bertz CT molecular complexity index is 387. The van der Waals surface area contributed by atoms with Crippen LogP contribution >= 0.6 is 0 Å². The maximum atomic E-state index is 9.95. The second-order valence-corrected chi connectivity index (χ2v) is 8.44. The van der Waals surface area contributed by atoms with Crippen molar-refractivity contribution in [2.45, 2.75) is 121 Å². The zero-order valence-corrected chi connectivity index (χ0v) is 18.6. The largest absolute Gasteiger partial charge is 0.388 e. The highest BCUT2D eigenvalue weighted by atomic mass is 16.5. The van der Waals surface area contributed by atoms with E-state index in [0.29, 0.717) is 6.61 Å². The van der Waals surface area contributed by atoms with E-state index in [0.717, 1.165) is 12.8 Å². The molecular weight excluding hydrogens is 368 g/mol. The van der Waals surface area contributed by atoms with Gasteiger partial charge < -0.3 is 24.8 Å². The second kappa shape index (κ2) is 18.3. The van der Waals surface area contributed by atoms with E-state index in [2.05, 4.69) is 19.1 Å². The standard InChI is InChI=1S/C24H46O5/c1-2-3-4-5-6-7-8-9-10-11-12-13-14-15-16-17-18-28-19-22(26)24-23(27)21(25)20-29-24/h9-10,21-27H,2-8,11-20H2,1H3/b10-9-/t21-,22+,23+,24+/m0/s1. The number of aliphatic hydroxyl groups is 3. The van der Waals surface area contributed by atoms with E-state index >= 15 is 0 Å². The minimum absolute atomic E-state index is 0.0673. The third-order valence-electron chi connectivity index (χ3n) is 5.66. The Hall–Kier alpha value is -0.460. The summed E-state index contributed by atoms with van der Waals surface area (Å²) >= 11 is 0. The van der Waals surface area contributed by atoms with Gasteiger partial charge in [0.25, 0.3) is 0 Å². The first-order chi connectivity index (χ1) is 14.2. The van der Waals surface area contributed by atoms with Gasteiger partial charge in [0.15, 0.2) is 0 Å². The lowest BCUT2D eigenvalue weighted by atomic mass is 10.1. The fraction of sp³-hybridized carbons (Fsp3) is 0.917. The fourth-order valence-electron chi connectivity index (χ4n) is 3.72. The third kappa shape index (κ3) is 13.5. The van der Waals surface area contributed by atoms with Crippen molar-refractivity contribution in [1.29, 1.82) is 0 Å². The smallest absolute Gasteiger partial charge is 0.114 e. The lowest BCUT2D eigenvalue weighted by molar-refractivity contribution is -0.0813. The van der Waals surface area contributed by atoms with Crippen molar-refractivity contribution in [3.8, 4) is 0 Å². The highest BCUT2D eigenvalue weighted by Gasteiger charge is 2.39.